The highest BCUT2D eigenvalue weighted by Crippen LogP contribution is 2.41. The number of methoxy groups -OCH3 is 1. The third-order valence-electron chi connectivity index (χ3n) is 7.20. The Morgan fingerprint density at radius 2 is 1.97 bits per heavy atom. The molecule has 3 fully saturated rings. The first-order valence-corrected chi connectivity index (χ1v) is 11.9. The lowest BCUT2D eigenvalue weighted by Crippen LogP contribution is -2.40. The smallest absolute Gasteiger partial charge is 0.321 e. The van der Waals surface area contributed by atoms with Gasteiger partial charge >= 0.3 is 5.91 Å². The Hall–Kier alpha value is -3.17. The van der Waals surface area contributed by atoms with Gasteiger partial charge in [0.25, 0.3) is 5.69 Å². The van der Waals surface area contributed by atoms with E-state index in [2.05, 4.69) is 5.32 Å². The fourth-order valence-corrected chi connectivity index (χ4v) is 5.17. The lowest BCUT2D eigenvalue weighted by molar-refractivity contribution is -0.616. The zero-order valence-corrected chi connectivity index (χ0v) is 19.2. The van der Waals surface area contributed by atoms with Crippen LogP contribution in [0.2, 0.25) is 0 Å². The van der Waals surface area contributed by atoms with Crippen molar-refractivity contribution in [1.82, 2.24) is 9.78 Å². The highest BCUT2D eigenvalue weighted by Gasteiger charge is 2.41. The molecule has 1 N–H and O–H groups in total. The van der Waals surface area contributed by atoms with E-state index in [4.69, 9.17) is 19.3 Å². The van der Waals surface area contributed by atoms with Gasteiger partial charge in [-0.25, -0.2) is 0 Å². The second kappa shape index (κ2) is 8.25. The van der Waals surface area contributed by atoms with Gasteiger partial charge in [0.05, 0.1) is 37.6 Å². The molecule has 3 aromatic rings. The first kappa shape index (κ1) is 21.4. The van der Waals surface area contributed by atoms with Crippen molar-refractivity contribution in [2.45, 2.75) is 56.3 Å². The molecule has 2 aliphatic carbocycles. The Kier molecular flexibility index (Phi) is 5.18. The summed E-state index contributed by atoms with van der Waals surface area (Å²) in [6.07, 6.45) is 7.55. The maximum Gasteiger partial charge on any atom is 0.321 e. The molecular formula is C25H28N4O5. The van der Waals surface area contributed by atoms with E-state index in [0.717, 1.165) is 54.2 Å². The topological polar surface area (TPSA) is 102 Å². The fourth-order valence-electron chi connectivity index (χ4n) is 5.17. The monoisotopic (exact) mass is 464 g/mol. The molecule has 34 heavy (non-hydrogen) atoms. The van der Waals surface area contributed by atoms with E-state index in [9.17, 15) is 10.0 Å². The van der Waals surface area contributed by atoms with E-state index in [1.807, 2.05) is 23.0 Å². The van der Waals surface area contributed by atoms with Crippen molar-refractivity contribution in [1.29, 1.82) is 0 Å². The summed E-state index contributed by atoms with van der Waals surface area (Å²) in [7, 11) is 1.55. The number of benzene rings is 1. The standard InChI is InChI=1S/C25H28N4O5/c1-32-23-14-19-17(15-28(27-19)18-7-9-25(10-8-18)33-11-12-34-25)13-20(23)26-24(30)22-4-2-3-21(29(22)31)16-5-6-16/h2-4,13-16,18H,5-12H2,1H3,(H,26,30). The van der Waals surface area contributed by atoms with Gasteiger partial charge in [-0.2, -0.15) is 9.83 Å². The molecule has 0 unspecified atom stereocenters. The van der Waals surface area contributed by atoms with Crippen LogP contribution in [0.3, 0.4) is 0 Å². The number of pyridine rings is 1. The second-order valence-electron chi connectivity index (χ2n) is 9.42. The quantitative estimate of drug-likeness (QED) is 0.457. The van der Waals surface area contributed by atoms with E-state index in [0.29, 0.717) is 30.3 Å². The fraction of sp³-hybridized carbons (Fsp3) is 0.480. The minimum absolute atomic E-state index is 0.0785. The summed E-state index contributed by atoms with van der Waals surface area (Å²) in [5.74, 6) is -0.115. The molecule has 0 radical (unpaired) electrons. The third kappa shape index (κ3) is 3.78. The Morgan fingerprint density at radius 3 is 2.68 bits per heavy atom. The molecule has 0 bridgehead atoms. The summed E-state index contributed by atoms with van der Waals surface area (Å²) >= 11 is 0. The number of hydrogen-bond acceptors (Lipinski definition) is 6. The van der Waals surface area contributed by atoms with Crippen molar-refractivity contribution in [2.24, 2.45) is 0 Å². The van der Waals surface area contributed by atoms with Gasteiger partial charge in [0.2, 0.25) is 0 Å². The number of nitrogens with zero attached hydrogens (tertiary/aromatic N) is 3. The predicted octanol–water partition coefficient (Wildman–Crippen LogP) is 3.67. The average Bonchev–Trinajstić information content (AvgIpc) is 3.45. The molecule has 178 valence electrons. The molecule has 1 saturated heterocycles. The Morgan fingerprint density at radius 1 is 1.21 bits per heavy atom. The molecule has 0 atom stereocenters. The first-order chi connectivity index (χ1) is 16.5. The molecule has 2 aromatic heterocycles. The maximum atomic E-state index is 13.0. The van der Waals surface area contributed by atoms with Crippen molar-refractivity contribution >= 4 is 22.5 Å². The number of hydrogen-bond donors (Lipinski definition) is 1. The molecule has 3 heterocycles. The largest absolute Gasteiger partial charge is 0.618 e. The number of nitrogens with one attached hydrogen (secondary N) is 1. The van der Waals surface area contributed by atoms with E-state index >= 15 is 0 Å². The van der Waals surface area contributed by atoms with Crippen LogP contribution in [-0.2, 0) is 9.47 Å². The number of carbonyl (C=O) groups is 1. The summed E-state index contributed by atoms with van der Waals surface area (Å²) in [6, 6.07) is 9.03. The summed E-state index contributed by atoms with van der Waals surface area (Å²) < 4.78 is 20.0. The zero-order chi connectivity index (χ0) is 23.3. The van der Waals surface area contributed by atoms with Crippen molar-refractivity contribution in [3.63, 3.8) is 0 Å². The van der Waals surface area contributed by atoms with Crippen molar-refractivity contribution < 1.29 is 23.7 Å². The molecule has 3 aliphatic rings. The molecular weight excluding hydrogens is 436 g/mol. The molecule has 1 amide bonds. The van der Waals surface area contributed by atoms with Crippen LogP contribution in [0.5, 0.6) is 5.75 Å². The lowest BCUT2D eigenvalue weighted by atomic mass is 9.90. The average molecular weight is 465 g/mol. The second-order valence-corrected chi connectivity index (χ2v) is 9.42. The summed E-state index contributed by atoms with van der Waals surface area (Å²) in [5, 5.41) is 21.3. The Labute approximate surface area is 197 Å². The Balaban J connectivity index is 1.24. The Bertz CT molecular complexity index is 1240. The molecule has 2 saturated carbocycles. The highest BCUT2D eigenvalue weighted by molar-refractivity contribution is 6.04. The molecule has 9 nitrogen and oxygen atoms in total. The van der Waals surface area contributed by atoms with Crippen LogP contribution in [-0.4, -0.2) is 41.8 Å². The number of fused-ring (bicyclic) bond motifs is 1. The summed E-state index contributed by atoms with van der Waals surface area (Å²) in [5.41, 5.74) is 2.03. The number of amides is 1. The van der Waals surface area contributed by atoms with Crippen LogP contribution >= 0.6 is 0 Å². The van der Waals surface area contributed by atoms with Crippen LogP contribution in [0.1, 0.15) is 66.7 Å². The normalized spacial score (nSPS) is 20.1. The third-order valence-corrected chi connectivity index (χ3v) is 7.20. The van der Waals surface area contributed by atoms with E-state index in [-0.39, 0.29) is 17.7 Å². The van der Waals surface area contributed by atoms with E-state index in [1.165, 1.54) is 0 Å². The summed E-state index contributed by atoms with van der Waals surface area (Å²) in [4.78, 5) is 13.0. The van der Waals surface area contributed by atoms with Crippen molar-refractivity contribution in [3.05, 3.63) is 53.1 Å². The number of aromatic nitrogens is 3. The number of rotatable bonds is 5. The van der Waals surface area contributed by atoms with Crippen LogP contribution in [0.15, 0.2) is 36.5 Å². The van der Waals surface area contributed by atoms with Gasteiger partial charge in [0.15, 0.2) is 11.5 Å². The van der Waals surface area contributed by atoms with Crippen LogP contribution in [0.4, 0.5) is 5.69 Å². The van der Waals surface area contributed by atoms with Gasteiger partial charge in [-0.15, -0.1) is 0 Å². The SMILES string of the molecule is COc1cc2nn(C3CCC4(CC3)OCCO4)cc2cc1NC(=O)c1cccc(C2CC2)[n+]1[O-]. The summed E-state index contributed by atoms with van der Waals surface area (Å²) in [6.45, 7) is 1.34. The molecule has 1 spiro atoms. The number of anilines is 1. The number of carbonyl (C=O) groups excluding carboxylic acids is 1. The van der Waals surface area contributed by atoms with Crippen LogP contribution < -0.4 is 14.8 Å². The highest BCUT2D eigenvalue weighted by atomic mass is 16.7. The van der Waals surface area contributed by atoms with Gasteiger partial charge in [0, 0.05) is 48.5 Å². The predicted molar refractivity (Wildman–Crippen MR) is 124 cm³/mol. The van der Waals surface area contributed by atoms with Gasteiger partial charge in [0.1, 0.15) is 5.75 Å². The lowest BCUT2D eigenvalue weighted by Gasteiger charge is -2.35. The van der Waals surface area contributed by atoms with Crippen LogP contribution in [0.25, 0.3) is 10.9 Å². The molecule has 9 heteroatoms. The number of ether oxygens (including phenoxy) is 3. The van der Waals surface area contributed by atoms with Crippen molar-refractivity contribution in [3.8, 4) is 5.75 Å². The van der Waals surface area contributed by atoms with Crippen LogP contribution in [0, 0.1) is 5.21 Å². The minimum atomic E-state index is -0.461. The van der Waals surface area contributed by atoms with Crippen molar-refractivity contribution in [2.75, 3.05) is 25.6 Å². The molecule has 6 rings (SSSR count). The molecule has 1 aromatic carbocycles. The van der Waals surface area contributed by atoms with Gasteiger partial charge in [-0.3, -0.25) is 9.48 Å². The van der Waals surface area contributed by atoms with Gasteiger partial charge < -0.3 is 24.7 Å². The maximum absolute atomic E-state index is 13.0. The first-order valence-electron chi connectivity index (χ1n) is 11.9. The molecule has 1 aliphatic heterocycles. The van der Waals surface area contributed by atoms with Gasteiger partial charge in [-0.1, -0.05) is 0 Å². The zero-order valence-electron chi connectivity index (χ0n) is 19.2. The van der Waals surface area contributed by atoms with E-state index < -0.39 is 11.7 Å². The van der Waals surface area contributed by atoms with E-state index in [1.54, 1.807) is 25.3 Å². The minimum Gasteiger partial charge on any atom is -0.618 e. The van der Waals surface area contributed by atoms with Gasteiger partial charge in [-0.05, 0) is 37.8 Å².